The van der Waals surface area contributed by atoms with E-state index in [1.165, 1.54) is 6.07 Å². The van der Waals surface area contributed by atoms with Crippen molar-refractivity contribution in [2.75, 3.05) is 6.26 Å². The van der Waals surface area contributed by atoms with Gasteiger partial charge in [0, 0.05) is 6.26 Å². The van der Waals surface area contributed by atoms with E-state index < -0.39 is 9.84 Å². The molecule has 0 radical (unpaired) electrons. The number of hydrogen-bond donors (Lipinski definition) is 0. The van der Waals surface area contributed by atoms with Crippen molar-refractivity contribution in [3.05, 3.63) is 26.2 Å². The fraction of sp³-hybridized carbons (Fsp3) is 0.143. The van der Waals surface area contributed by atoms with Gasteiger partial charge in [0.25, 0.3) is 0 Å². The molecule has 0 spiro atoms. The van der Waals surface area contributed by atoms with E-state index in [0.717, 1.165) is 6.26 Å². The van der Waals surface area contributed by atoms with Crippen LogP contribution in [0, 0.1) is 0 Å². The van der Waals surface area contributed by atoms with Crippen LogP contribution in [0.2, 0.25) is 20.1 Å². The number of hydrogen-bond acceptors (Lipinski definition) is 2. The molecule has 0 saturated carbocycles. The molecule has 0 atom stereocenters. The van der Waals surface area contributed by atoms with Crippen molar-refractivity contribution >= 4 is 56.2 Å². The molecule has 0 aliphatic heterocycles. The first-order valence-corrected chi connectivity index (χ1v) is 6.68. The Kier molecular flexibility index (Phi) is 3.60. The molecular weight excluding hydrogens is 290 g/mol. The standard InChI is InChI=1S/C7H4Cl4O2S/c1-14(12,13)7-5(10)3(8)2-4(9)6(7)11/h2H,1H3. The van der Waals surface area contributed by atoms with Gasteiger partial charge in [-0.05, 0) is 6.07 Å². The van der Waals surface area contributed by atoms with Gasteiger partial charge in [0.1, 0.15) is 4.90 Å². The monoisotopic (exact) mass is 292 g/mol. The maximum atomic E-state index is 11.3. The van der Waals surface area contributed by atoms with Crippen LogP contribution >= 0.6 is 46.4 Å². The highest BCUT2D eigenvalue weighted by atomic mass is 35.5. The predicted octanol–water partition coefficient (Wildman–Crippen LogP) is 3.70. The third kappa shape index (κ3) is 2.28. The first-order chi connectivity index (χ1) is 6.25. The number of benzene rings is 1. The highest BCUT2D eigenvalue weighted by molar-refractivity contribution is 7.91. The molecule has 0 aliphatic carbocycles. The van der Waals surface area contributed by atoms with Crippen LogP contribution in [0.3, 0.4) is 0 Å². The van der Waals surface area contributed by atoms with Gasteiger partial charge in [0.2, 0.25) is 0 Å². The fourth-order valence-electron chi connectivity index (χ4n) is 0.877. The third-order valence-electron chi connectivity index (χ3n) is 1.44. The summed E-state index contributed by atoms with van der Waals surface area (Å²) in [5, 5.41) is -0.102. The second-order valence-corrected chi connectivity index (χ2v) is 6.09. The van der Waals surface area contributed by atoms with Crippen LogP contribution in [-0.4, -0.2) is 14.7 Å². The Morgan fingerprint density at radius 3 is 1.64 bits per heavy atom. The fourth-order valence-corrected chi connectivity index (χ4v) is 3.51. The van der Waals surface area contributed by atoms with Crippen LogP contribution in [0.5, 0.6) is 0 Å². The Hall–Kier alpha value is 0.330. The molecule has 0 fully saturated rings. The number of sulfone groups is 1. The zero-order valence-electron chi connectivity index (χ0n) is 6.81. The van der Waals surface area contributed by atoms with Crippen molar-refractivity contribution < 1.29 is 8.42 Å². The van der Waals surface area contributed by atoms with Crippen LogP contribution in [0.25, 0.3) is 0 Å². The molecule has 0 unspecified atom stereocenters. The van der Waals surface area contributed by atoms with Gasteiger partial charge < -0.3 is 0 Å². The Labute approximate surface area is 102 Å². The highest BCUT2D eigenvalue weighted by Crippen LogP contribution is 2.39. The summed E-state index contributed by atoms with van der Waals surface area (Å²) in [6.07, 6.45) is 0.979. The molecular formula is C7H4Cl4O2S. The Balaban J connectivity index is 3.74. The Morgan fingerprint density at radius 2 is 1.36 bits per heavy atom. The first-order valence-electron chi connectivity index (χ1n) is 3.28. The van der Waals surface area contributed by atoms with E-state index in [9.17, 15) is 8.42 Å². The minimum atomic E-state index is -3.54. The summed E-state index contributed by atoms with van der Waals surface area (Å²) in [6.45, 7) is 0. The summed E-state index contributed by atoms with van der Waals surface area (Å²) in [5.74, 6) is 0. The molecule has 0 bridgehead atoms. The predicted molar refractivity (Wildman–Crippen MR) is 59.6 cm³/mol. The van der Waals surface area contributed by atoms with E-state index in [1.54, 1.807) is 0 Å². The van der Waals surface area contributed by atoms with E-state index in [0.29, 0.717) is 0 Å². The number of halogens is 4. The first kappa shape index (κ1) is 12.4. The van der Waals surface area contributed by atoms with Gasteiger partial charge in [-0.25, -0.2) is 8.42 Å². The quantitative estimate of drug-likeness (QED) is 0.740. The summed E-state index contributed by atoms with van der Waals surface area (Å²) in [6, 6.07) is 1.29. The average molecular weight is 294 g/mol. The van der Waals surface area contributed by atoms with Crippen molar-refractivity contribution in [1.29, 1.82) is 0 Å². The lowest BCUT2D eigenvalue weighted by molar-refractivity contribution is 0.602. The lowest BCUT2D eigenvalue weighted by Crippen LogP contribution is -2.00. The minimum absolute atomic E-state index is 0.0569. The molecule has 0 saturated heterocycles. The minimum Gasteiger partial charge on any atom is -0.224 e. The average Bonchev–Trinajstić information content (AvgIpc) is 1.98. The van der Waals surface area contributed by atoms with E-state index >= 15 is 0 Å². The van der Waals surface area contributed by atoms with Crippen LogP contribution in [0.4, 0.5) is 0 Å². The molecule has 0 aromatic heterocycles. The van der Waals surface area contributed by atoms with Gasteiger partial charge in [-0.1, -0.05) is 46.4 Å². The van der Waals surface area contributed by atoms with E-state index in [-0.39, 0.29) is 25.0 Å². The van der Waals surface area contributed by atoms with Gasteiger partial charge in [-0.15, -0.1) is 0 Å². The maximum Gasteiger partial charge on any atom is 0.178 e. The molecule has 14 heavy (non-hydrogen) atoms. The summed E-state index contributed by atoms with van der Waals surface area (Å²) in [7, 11) is -3.54. The van der Waals surface area contributed by atoms with Gasteiger partial charge in [-0.2, -0.15) is 0 Å². The van der Waals surface area contributed by atoms with Gasteiger partial charge in [-0.3, -0.25) is 0 Å². The van der Waals surface area contributed by atoms with Crippen molar-refractivity contribution in [3.63, 3.8) is 0 Å². The SMILES string of the molecule is CS(=O)(=O)c1c(Cl)c(Cl)cc(Cl)c1Cl. The van der Waals surface area contributed by atoms with Gasteiger partial charge in [0.15, 0.2) is 9.84 Å². The molecule has 1 aromatic carbocycles. The van der Waals surface area contributed by atoms with Gasteiger partial charge >= 0.3 is 0 Å². The molecule has 0 heterocycles. The highest BCUT2D eigenvalue weighted by Gasteiger charge is 2.21. The maximum absolute atomic E-state index is 11.3. The molecule has 0 aliphatic rings. The van der Waals surface area contributed by atoms with Crippen molar-refractivity contribution in [2.45, 2.75) is 4.90 Å². The lowest BCUT2D eigenvalue weighted by atomic mass is 10.3. The second-order valence-electron chi connectivity index (χ2n) is 2.57. The largest absolute Gasteiger partial charge is 0.224 e. The van der Waals surface area contributed by atoms with Gasteiger partial charge in [0.05, 0.1) is 20.1 Å². The molecule has 78 valence electrons. The Bertz CT molecular complexity index is 455. The summed E-state index contributed by atoms with van der Waals surface area (Å²) >= 11 is 22.7. The third-order valence-corrected chi connectivity index (χ3v) is 4.39. The van der Waals surface area contributed by atoms with Crippen LogP contribution in [0.15, 0.2) is 11.0 Å². The number of rotatable bonds is 1. The van der Waals surface area contributed by atoms with Crippen molar-refractivity contribution in [1.82, 2.24) is 0 Å². The van der Waals surface area contributed by atoms with Crippen LogP contribution in [-0.2, 0) is 9.84 Å². The Morgan fingerprint density at radius 1 is 1.00 bits per heavy atom. The normalized spacial score (nSPS) is 11.8. The molecule has 1 rings (SSSR count). The lowest BCUT2D eigenvalue weighted by Gasteiger charge is -2.07. The zero-order chi connectivity index (χ0) is 11.1. The van der Waals surface area contributed by atoms with Crippen LogP contribution in [0.1, 0.15) is 0 Å². The summed E-state index contributed by atoms with van der Waals surface area (Å²) < 4.78 is 22.6. The second kappa shape index (κ2) is 4.06. The molecule has 0 N–H and O–H groups in total. The van der Waals surface area contributed by atoms with E-state index in [2.05, 4.69) is 0 Å². The zero-order valence-corrected chi connectivity index (χ0v) is 10.7. The topological polar surface area (TPSA) is 34.1 Å². The van der Waals surface area contributed by atoms with Crippen molar-refractivity contribution in [3.8, 4) is 0 Å². The summed E-state index contributed by atoms with van der Waals surface area (Å²) in [5.41, 5.74) is 0. The molecule has 0 amide bonds. The molecule has 1 aromatic rings. The smallest absolute Gasteiger partial charge is 0.178 e. The molecule has 7 heteroatoms. The summed E-state index contributed by atoms with van der Waals surface area (Å²) in [4.78, 5) is -0.238. The van der Waals surface area contributed by atoms with E-state index in [4.69, 9.17) is 46.4 Å². The van der Waals surface area contributed by atoms with Crippen LogP contribution < -0.4 is 0 Å². The van der Waals surface area contributed by atoms with E-state index in [1.807, 2.05) is 0 Å². The molecule has 2 nitrogen and oxygen atoms in total. The van der Waals surface area contributed by atoms with Crippen molar-refractivity contribution in [2.24, 2.45) is 0 Å².